The average molecular weight is 259 g/mol. The van der Waals surface area contributed by atoms with Gasteiger partial charge in [0.15, 0.2) is 0 Å². The predicted molar refractivity (Wildman–Crippen MR) is 76.3 cm³/mol. The van der Waals surface area contributed by atoms with Crippen LogP contribution >= 0.6 is 11.9 Å². The number of carbonyl (C=O) groups is 1. The fourth-order valence-corrected chi connectivity index (χ4v) is 2.15. The van der Waals surface area contributed by atoms with Crippen LogP contribution in [-0.2, 0) is 0 Å². The molecule has 0 aromatic rings. The molecule has 0 saturated carbocycles. The number of nitrogens with zero attached hydrogens (tertiary/aromatic N) is 2. The van der Waals surface area contributed by atoms with Gasteiger partial charge in [-0.25, -0.2) is 9.62 Å². The zero-order valence-electron chi connectivity index (χ0n) is 11.6. The van der Waals surface area contributed by atoms with Crippen LogP contribution < -0.4 is 5.32 Å². The van der Waals surface area contributed by atoms with E-state index in [9.17, 15) is 4.79 Å². The predicted octanol–water partition coefficient (Wildman–Crippen LogP) is 4.06. The summed E-state index contributed by atoms with van der Waals surface area (Å²) >= 11 is 1.30. The Morgan fingerprint density at radius 3 is 2.00 bits per heavy atom. The average Bonchev–Trinajstić information content (AvgIpc) is 2.33. The van der Waals surface area contributed by atoms with Crippen LogP contribution in [0.25, 0.3) is 0 Å². The maximum Gasteiger partial charge on any atom is 0.315 e. The van der Waals surface area contributed by atoms with Gasteiger partial charge in [-0.15, -0.1) is 0 Å². The van der Waals surface area contributed by atoms with E-state index in [1.807, 2.05) is 0 Å². The van der Waals surface area contributed by atoms with Crippen molar-refractivity contribution in [2.45, 2.75) is 59.3 Å². The molecule has 4 heteroatoms. The van der Waals surface area contributed by atoms with Crippen LogP contribution in [0, 0.1) is 0 Å². The first kappa shape index (κ1) is 16.8. The summed E-state index contributed by atoms with van der Waals surface area (Å²) in [5.41, 5.74) is 0. The van der Waals surface area contributed by atoms with Gasteiger partial charge in [-0.05, 0) is 19.3 Å². The van der Waals surface area contributed by atoms with E-state index in [-0.39, 0.29) is 5.24 Å². The minimum Gasteiger partial charge on any atom is -0.258 e. The first-order valence-corrected chi connectivity index (χ1v) is 7.66. The molecule has 0 aromatic carbocycles. The van der Waals surface area contributed by atoms with Crippen molar-refractivity contribution in [3.63, 3.8) is 0 Å². The monoisotopic (exact) mass is 259 g/mol. The van der Waals surface area contributed by atoms with Crippen molar-refractivity contribution in [1.29, 1.82) is 0 Å². The Hall–Kier alpha value is -0.220. The van der Waals surface area contributed by atoms with Crippen LogP contribution in [0.1, 0.15) is 59.3 Å². The van der Waals surface area contributed by atoms with Gasteiger partial charge in [0.2, 0.25) is 0 Å². The van der Waals surface area contributed by atoms with Crippen molar-refractivity contribution < 1.29 is 4.79 Å². The van der Waals surface area contributed by atoms with Crippen LogP contribution in [0.3, 0.4) is 0 Å². The molecule has 3 nitrogen and oxygen atoms in total. The maximum absolute atomic E-state index is 11.6. The molecule has 0 aliphatic heterocycles. The number of rotatable bonds is 10. The van der Waals surface area contributed by atoms with Gasteiger partial charge < -0.3 is 0 Å². The van der Waals surface area contributed by atoms with Crippen LogP contribution in [0.5, 0.6) is 0 Å². The van der Waals surface area contributed by atoms with E-state index in [1.54, 1.807) is 0 Å². The highest BCUT2D eigenvalue weighted by atomic mass is 32.2. The van der Waals surface area contributed by atoms with Gasteiger partial charge in [-0.3, -0.25) is 4.79 Å². The van der Waals surface area contributed by atoms with Gasteiger partial charge in [0.25, 0.3) is 0 Å². The normalized spacial score (nSPS) is 10.8. The topological polar surface area (TPSA) is 34.4 Å². The lowest BCUT2D eigenvalue weighted by Crippen LogP contribution is -2.24. The van der Waals surface area contributed by atoms with Gasteiger partial charge in [-0.1, -0.05) is 40.0 Å². The molecule has 1 radical (unpaired) electrons. The molecule has 0 aromatic heterocycles. The van der Waals surface area contributed by atoms with Crippen LogP contribution in [0.2, 0.25) is 0 Å². The number of amides is 1. The fourth-order valence-electron chi connectivity index (χ4n) is 1.34. The molecule has 0 rings (SSSR count). The van der Waals surface area contributed by atoms with Crippen molar-refractivity contribution in [2.75, 3.05) is 19.6 Å². The Bertz CT molecular complexity index is 180. The largest absolute Gasteiger partial charge is 0.315 e. The molecular formula is C13H27N2OS. The lowest BCUT2D eigenvalue weighted by atomic mass is 10.3. The third-order valence-electron chi connectivity index (χ3n) is 2.48. The highest BCUT2D eigenvalue weighted by Crippen LogP contribution is 2.14. The third-order valence-corrected chi connectivity index (χ3v) is 3.39. The highest BCUT2D eigenvalue weighted by molar-refractivity contribution is 8.11. The Balaban J connectivity index is 3.81. The zero-order valence-corrected chi connectivity index (χ0v) is 12.4. The third kappa shape index (κ3) is 10.6. The number of carbonyl (C=O) groups excluding carboxylic acids is 1. The van der Waals surface area contributed by atoms with Crippen LogP contribution in [0.15, 0.2) is 0 Å². The van der Waals surface area contributed by atoms with Gasteiger partial charge in [0.05, 0.1) is 0 Å². The van der Waals surface area contributed by atoms with Gasteiger partial charge >= 0.3 is 5.24 Å². The van der Waals surface area contributed by atoms with E-state index in [4.69, 9.17) is 0 Å². The van der Waals surface area contributed by atoms with Crippen molar-refractivity contribution in [2.24, 2.45) is 0 Å². The molecule has 0 heterocycles. The molecule has 0 aliphatic carbocycles. The molecule has 0 bridgehead atoms. The number of hydrogen-bond donors (Lipinski definition) is 0. The summed E-state index contributed by atoms with van der Waals surface area (Å²) in [7, 11) is 0. The van der Waals surface area contributed by atoms with E-state index in [0.29, 0.717) is 6.54 Å². The number of unbranched alkanes of at least 4 members (excludes halogenated alkanes) is 3. The van der Waals surface area contributed by atoms with E-state index in [2.05, 4.69) is 30.4 Å². The second-order valence-electron chi connectivity index (χ2n) is 4.23. The molecule has 101 valence electrons. The summed E-state index contributed by atoms with van der Waals surface area (Å²) in [5.74, 6) is 0. The quantitative estimate of drug-likeness (QED) is 0.438. The summed E-state index contributed by atoms with van der Waals surface area (Å²) in [6, 6.07) is 0. The molecule has 0 N–H and O–H groups in total. The second-order valence-corrected chi connectivity index (χ2v) is 5.28. The highest BCUT2D eigenvalue weighted by Gasteiger charge is 2.11. The maximum atomic E-state index is 11.6. The fraction of sp³-hybridized carbons (Fsp3) is 0.923. The van der Waals surface area contributed by atoms with E-state index < -0.39 is 0 Å². The van der Waals surface area contributed by atoms with Gasteiger partial charge in [0, 0.05) is 31.6 Å². The SMILES string of the molecule is CCCC[N]C(=O)SN(CCCC)CCCC. The molecule has 0 unspecified atom stereocenters. The Morgan fingerprint density at radius 2 is 1.53 bits per heavy atom. The lowest BCUT2D eigenvalue weighted by molar-refractivity contribution is 0.258. The number of hydrogen-bond acceptors (Lipinski definition) is 3. The van der Waals surface area contributed by atoms with Gasteiger partial charge in [-0.2, -0.15) is 0 Å². The first-order valence-electron chi connectivity index (χ1n) is 6.88. The van der Waals surface area contributed by atoms with E-state index >= 15 is 0 Å². The molecule has 1 amide bonds. The molecular weight excluding hydrogens is 232 g/mol. The molecule has 0 saturated heterocycles. The smallest absolute Gasteiger partial charge is 0.258 e. The minimum absolute atomic E-state index is 0.0225. The van der Waals surface area contributed by atoms with Crippen molar-refractivity contribution in [1.82, 2.24) is 9.62 Å². The summed E-state index contributed by atoms with van der Waals surface area (Å²) in [4.78, 5) is 11.6. The van der Waals surface area contributed by atoms with E-state index in [1.165, 1.54) is 24.8 Å². The molecule has 0 aliphatic rings. The summed E-state index contributed by atoms with van der Waals surface area (Å²) in [6.45, 7) is 9.14. The summed E-state index contributed by atoms with van der Waals surface area (Å²) in [6.07, 6.45) is 6.75. The zero-order chi connectivity index (χ0) is 12.9. The molecule has 0 atom stereocenters. The first-order chi connectivity index (χ1) is 8.24. The van der Waals surface area contributed by atoms with Crippen LogP contribution in [0.4, 0.5) is 4.79 Å². The van der Waals surface area contributed by atoms with Crippen molar-refractivity contribution in [3.8, 4) is 0 Å². The molecule has 0 fully saturated rings. The summed E-state index contributed by atoms with van der Waals surface area (Å²) < 4.78 is 2.17. The van der Waals surface area contributed by atoms with Crippen LogP contribution in [-0.4, -0.2) is 29.2 Å². The van der Waals surface area contributed by atoms with Crippen molar-refractivity contribution >= 4 is 17.2 Å². The Morgan fingerprint density at radius 1 is 1.00 bits per heavy atom. The minimum atomic E-state index is -0.0225. The Labute approximate surface area is 111 Å². The van der Waals surface area contributed by atoms with Gasteiger partial charge in [0.1, 0.15) is 0 Å². The lowest BCUT2D eigenvalue weighted by Gasteiger charge is -2.19. The Kier molecular flexibility index (Phi) is 12.1. The molecule has 17 heavy (non-hydrogen) atoms. The van der Waals surface area contributed by atoms with E-state index in [0.717, 1.165) is 38.8 Å². The second kappa shape index (κ2) is 12.2. The standard InChI is InChI=1S/C13H27N2OS/c1-4-7-10-14-13(16)17-15(11-8-5-2)12-9-6-3/h4-12H2,1-3H3. The molecule has 0 spiro atoms. The summed E-state index contributed by atoms with van der Waals surface area (Å²) in [5, 5.41) is 4.03. The van der Waals surface area contributed by atoms with Crippen molar-refractivity contribution in [3.05, 3.63) is 0 Å².